The van der Waals surface area contributed by atoms with E-state index in [1.807, 2.05) is 0 Å². The monoisotopic (exact) mass is 697 g/mol. The zero-order valence-electron chi connectivity index (χ0n) is 32.2. The maximum absolute atomic E-state index is 11.3. The number of esters is 1. The van der Waals surface area contributed by atoms with Gasteiger partial charge in [-0.2, -0.15) is 0 Å². The minimum atomic E-state index is -0.994. The van der Waals surface area contributed by atoms with Crippen LogP contribution in [0.15, 0.2) is 24.3 Å². The third kappa shape index (κ3) is 55.0. The lowest BCUT2D eigenvalue weighted by Crippen LogP contribution is -2.28. The quantitative estimate of drug-likeness (QED) is 0.0342. The first-order chi connectivity index (χ1) is 23.4. The molecule has 0 bridgehead atoms. The molecule has 0 saturated carbocycles. The second-order valence-electron chi connectivity index (χ2n) is 13.6. The number of nitrogens with two attached hydrogens (primary N) is 1. The van der Waals surface area contributed by atoms with Gasteiger partial charge in [0.2, 0.25) is 5.91 Å². The fourth-order valence-corrected chi connectivity index (χ4v) is 4.64. The van der Waals surface area contributed by atoms with E-state index < -0.39 is 17.5 Å². The van der Waals surface area contributed by atoms with Gasteiger partial charge in [0, 0.05) is 12.8 Å². The van der Waals surface area contributed by atoms with Crippen molar-refractivity contribution in [2.75, 3.05) is 13.1 Å². The molecule has 0 aliphatic heterocycles. The third-order valence-electron chi connectivity index (χ3n) is 7.34. The summed E-state index contributed by atoms with van der Waals surface area (Å²) in [6.07, 6.45) is 36.5. The van der Waals surface area contributed by atoms with E-state index in [0.29, 0.717) is 12.8 Å². The Morgan fingerprint density at radius 3 is 1.27 bits per heavy atom. The van der Waals surface area contributed by atoms with Crippen molar-refractivity contribution in [1.29, 1.82) is 0 Å². The molecule has 1 amide bonds. The number of rotatable bonds is 29. The van der Waals surface area contributed by atoms with E-state index >= 15 is 0 Å². The summed E-state index contributed by atoms with van der Waals surface area (Å²) in [5.74, 6) is -2.18. The predicted molar refractivity (Wildman–Crippen MR) is 204 cm³/mol. The molecule has 5 N–H and O–H groups in total. The number of nitrogens with one attached hydrogen (secondary N) is 1. The molecule has 49 heavy (non-hydrogen) atoms. The summed E-state index contributed by atoms with van der Waals surface area (Å²) in [6.45, 7) is 9.58. The van der Waals surface area contributed by atoms with Crippen molar-refractivity contribution >= 4 is 23.8 Å². The summed E-state index contributed by atoms with van der Waals surface area (Å²) in [7, 11) is 0. The second kappa shape index (κ2) is 39.8. The van der Waals surface area contributed by atoms with E-state index in [1.54, 1.807) is 20.8 Å². The van der Waals surface area contributed by atoms with E-state index in [-0.39, 0.29) is 25.0 Å². The van der Waals surface area contributed by atoms with E-state index in [0.717, 1.165) is 38.5 Å². The molecule has 0 radical (unpaired) electrons. The van der Waals surface area contributed by atoms with Crippen LogP contribution in [0.2, 0.25) is 0 Å². The molecule has 0 saturated heterocycles. The summed E-state index contributed by atoms with van der Waals surface area (Å²) >= 11 is 0. The van der Waals surface area contributed by atoms with Crippen molar-refractivity contribution in [2.45, 2.75) is 194 Å². The van der Waals surface area contributed by atoms with Crippen molar-refractivity contribution < 1.29 is 34.1 Å². The normalized spacial score (nSPS) is 11.1. The van der Waals surface area contributed by atoms with Crippen molar-refractivity contribution in [2.24, 2.45) is 5.73 Å². The van der Waals surface area contributed by atoms with Crippen LogP contribution in [-0.2, 0) is 23.9 Å². The van der Waals surface area contributed by atoms with E-state index in [2.05, 4.69) is 43.5 Å². The SMILES string of the molecule is CC(C)(C)OC(=O)CN.CCCCCC/C=C\CCCCCCCC(=O)NCC(=O)O.CCCCCC/C=C\CCCCCCCC(=O)O. The van der Waals surface area contributed by atoms with Gasteiger partial charge in [-0.1, -0.05) is 115 Å². The number of carbonyl (C=O) groups is 4. The molecule has 0 aromatic rings. The van der Waals surface area contributed by atoms with Gasteiger partial charge in [-0.15, -0.1) is 0 Å². The van der Waals surface area contributed by atoms with Crippen LogP contribution in [-0.4, -0.2) is 52.7 Å². The number of allylic oxidation sites excluding steroid dienone is 4. The maximum Gasteiger partial charge on any atom is 0.322 e. The number of hydrogen-bond acceptors (Lipinski definition) is 6. The van der Waals surface area contributed by atoms with Gasteiger partial charge in [-0.3, -0.25) is 19.2 Å². The Morgan fingerprint density at radius 1 is 0.571 bits per heavy atom. The Morgan fingerprint density at radius 2 is 0.939 bits per heavy atom. The molecule has 0 spiro atoms. The number of carboxylic acid groups (broad SMARTS) is 2. The van der Waals surface area contributed by atoms with Crippen molar-refractivity contribution in [1.82, 2.24) is 5.32 Å². The largest absolute Gasteiger partial charge is 0.481 e. The van der Waals surface area contributed by atoms with Crippen LogP contribution in [0, 0.1) is 0 Å². The summed E-state index contributed by atoms with van der Waals surface area (Å²) < 4.78 is 4.82. The smallest absolute Gasteiger partial charge is 0.322 e. The molecular formula is C40H76N2O7. The summed E-state index contributed by atoms with van der Waals surface area (Å²) in [4.78, 5) is 42.3. The lowest BCUT2D eigenvalue weighted by molar-refractivity contribution is -0.153. The standard InChI is InChI=1S/C18H33NO3.C16H30O2.C6H13NO2/c1-2-3-4-5-6-7-8-9-10-11-12-13-14-15-17(20)19-16-18(21)22;1-2-3-4-5-6-7-8-9-10-11-12-13-14-15-16(17)18;1-6(2,3)9-5(8)4-7/h7-8H,2-6,9-16H2,1H3,(H,19,20)(H,21,22);7-8H,2-6,9-15H2,1H3,(H,17,18);4,7H2,1-3H3/b2*8-7-;. The van der Waals surface area contributed by atoms with Gasteiger partial charge in [0.05, 0.1) is 6.54 Å². The molecule has 0 rings (SSSR count). The maximum atomic E-state index is 11.3. The van der Waals surface area contributed by atoms with E-state index in [4.69, 9.17) is 20.7 Å². The lowest BCUT2D eigenvalue weighted by Gasteiger charge is -2.18. The highest BCUT2D eigenvalue weighted by molar-refractivity contribution is 5.80. The molecule has 0 heterocycles. The molecule has 0 unspecified atom stereocenters. The minimum Gasteiger partial charge on any atom is -0.481 e. The third-order valence-corrected chi connectivity index (χ3v) is 7.34. The first-order valence-corrected chi connectivity index (χ1v) is 19.3. The van der Waals surface area contributed by atoms with Crippen LogP contribution >= 0.6 is 0 Å². The molecule has 0 fully saturated rings. The number of ether oxygens (including phenoxy) is 1. The Kier molecular flexibility index (Phi) is 41.1. The Balaban J connectivity index is -0.000000702. The van der Waals surface area contributed by atoms with Gasteiger partial charge in [0.1, 0.15) is 12.1 Å². The number of unbranched alkanes of at least 4 members (excludes halogenated alkanes) is 18. The molecular weight excluding hydrogens is 620 g/mol. The molecule has 0 atom stereocenters. The van der Waals surface area contributed by atoms with Gasteiger partial charge in [-0.05, 0) is 85.0 Å². The topological polar surface area (TPSA) is 156 Å². The van der Waals surface area contributed by atoms with Crippen LogP contribution in [0.3, 0.4) is 0 Å². The van der Waals surface area contributed by atoms with E-state index in [9.17, 15) is 19.2 Å². The highest BCUT2D eigenvalue weighted by Crippen LogP contribution is 2.10. The first-order valence-electron chi connectivity index (χ1n) is 19.3. The van der Waals surface area contributed by atoms with Crippen molar-refractivity contribution in [3.63, 3.8) is 0 Å². The van der Waals surface area contributed by atoms with Crippen LogP contribution in [0.1, 0.15) is 189 Å². The second-order valence-corrected chi connectivity index (χ2v) is 13.6. The van der Waals surface area contributed by atoms with Gasteiger partial charge in [0.25, 0.3) is 0 Å². The van der Waals surface area contributed by atoms with Gasteiger partial charge in [0.15, 0.2) is 0 Å². The Labute approximate surface area is 300 Å². The van der Waals surface area contributed by atoms with Crippen LogP contribution < -0.4 is 11.1 Å². The first kappa shape index (κ1) is 50.7. The zero-order valence-corrected chi connectivity index (χ0v) is 32.2. The van der Waals surface area contributed by atoms with Crippen LogP contribution in [0.5, 0.6) is 0 Å². The molecule has 0 aliphatic carbocycles. The average Bonchev–Trinajstić information content (AvgIpc) is 3.04. The fourth-order valence-electron chi connectivity index (χ4n) is 4.64. The summed E-state index contributed by atoms with van der Waals surface area (Å²) in [5, 5.41) is 19.3. The molecule has 9 nitrogen and oxygen atoms in total. The molecule has 0 aliphatic rings. The number of carboxylic acids is 2. The van der Waals surface area contributed by atoms with Gasteiger partial charge in [-0.25, -0.2) is 0 Å². The predicted octanol–water partition coefficient (Wildman–Crippen LogP) is 10.1. The average molecular weight is 697 g/mol. The van der Waals surface area contributed by atoms with E-state index in [1.165, 1.54) is 103 Å². The molecule has 0 aromatic carbocycles. The highest BCUT2D eigenvalue weighted by Gasteiger charge is 2.14. The number of carbonyl (C=O) groups excluding carboxylic acids is 2. The summed E-state index contributed by atoms with van der Waals surface area (Å²) in [5.41, 5.74) is 4.60. The minimum absolute atomic E-state index is 0.0444. The molecule has 9 heteroatoms. The van der Waals surface area contributed by atoms with Gasteiger partial charge >= 0.3 is 17.9 Å². The van der Waals surface area contributed by atoms with Gasteiger partial charge < -0.3 is 26.0 Å². The zero-order chi connectivity index (χ0) is 37.4. The lowest BCUT2D eigenvalue weighted by atomic mass is 10.1. The number of amides is 1. The Bertz CT molecular complexity index is 835. The highest BCUT2D eigenvalue weighted by atomic mass is 16.6. The Hall–Kier alpha value is -2.68. The summed E-state index contributed by atoms with van der Waals surface area (Å²) in [6, 6.07) is 0. The number of aliphatic carboxylic acids is 2. The number of hydrogen-bond donors (Lipinski definition) is 4. The van der Waals surface area contributed by atoms with Crippen LogP contribution in [0.4, 0.5) is 0 Å². The molecule has 0 aromatic heterocycles. The fraction of sp³-hybridized carbons (Fsp3) is 0.800. The van der Waals surface area contributed by atoms with Crippen LogP contribution in [0.25, 0.3) is 0 Å². The van der Waals surface area contributed by atoms with Crippen molar-refractivity contribution in [3.05, 3.63) is 24.3 Å². The molecule has 288 valence electrons. The van der Waals surface area contributed by atoms with Crippen molar-refractivity contribution in [3.8, 4) is 0 Å².